The van der Waals surface area contributed by atoms with Crippen LogP contribution < -0.4 is 10.6 Å². The first kappa shape index (κ1) is 24.2. The molecule has 0 saturated carbocycles. The third kappa shape index (κ3) is 8.41. The summed E-state index contributed by atoms with van der Waals surface area (Å²) in [6.07, 6.45) is 2.63. The average molecular weight is 390 g/mol. The number of nitrogens with one attached hydrogen (secondary N) is 2. The predicted octanol–water partition coefficient (Wildman–Crippen LogP) is 3.23. The van der Waals surface area contributed by atoms with Gasteiger partial charge in [0.25, 0.3) is 0 Å². The molecule has 1 aliphatic rings. The highest BCUT2D eigenvalue weighted by atomic mass is 35.5. The summed E-state index contributed by atoms with van der Waals surface area (Å²) in [5.74, 6) is 0.981. The van der Waals surface area contributed by atoms with Gasteiger partial charge in [0.2, 0.25) is 5.91 Å². The number of hydrogen-bond donors (Lipinski definition) is 2. The second-order valence-corrected chi connectivity index (χ2v) is 6.95. The van der Waals surface area contributed by atoms with E-state index in [-0.39, 0.29) is 36.6 Å². The first-order valence-electron chi connectivity index (χ1n) is 8.81. The molecule has 6 heteroatoms. The summed E-state index contributed by atoms with van der Waals surface area (Å²) in [6, 6.07) is 8.64. The number of halogens is 2. The summed E-state index contributed by atoms with van der Waals surface area (Å²) in [4.78, 5) is 14.4. The molecular weight excluding hydrogens is 357 g/mol. The van der Waals surface area contributed by atoms with Crippen molar-refractivity contribution in [2.75, 3.05) is 26.7 Å². The third-order valence-electron chi connectivity index (χ3n) is 4.73. The molecule has 1 unspecified atom stereocenters. The first-order valence-corrected chi connectivity index (χ1v) is 8.81. The van der Waals surface area contributed by atoms with Gasteiger partial charge in [-0.15, -0.1) is 24.8 Å². The number of benzene rings is 1. The smallest absolute Gasteiger partial charge is 0.224 e. The number of hydrogen-bond acceptors (Lipinski definition) is 3. The van der Waals surface area contributed by atoms with E-state index in [1.54, 1.807) is 0 Å². The maximum atomic E-state index is 11.9. The predicted molar refractivity (Wildman–Crippen MR) is 110 cm³/mol. The van der Waals surface area contributed by atoms with Gasteiger partial charge in [-0.2, -0.15) is 0 Å². The second-order valence-electron chi connectivity index (χ2n) is 6.95. The van der Waals surface area contributed by atoms with Crippen LogP contribution in [0.2, 0.25) is 0 Å². The Morgan fingerprint density at radius 2 is 1.72 bits per heavy atom. The molecule has 0 aliphatic carbocycles. The number of piperidine rings is 1. The van der Waals surface area contributed by atoms with Crippen molar-refractivity contribution in [3.8, 4) is 0 Å². The van der Waals surface area contributed by atoms with Gasteiger partial charge in [-0.05, 0) is 50.0 Å². The summed E-state index contributed by atoms with van der Waals surface area (Å²) in [5.41, 5.74) is 2.52. The van der Waals surface area contributed by atoms with E-state index in [0.717, 1.165) is 18.0 Å². The largest absolute Gasteiger partial charge is 0.352 e. The van der Waals surface area contributed by atoms with E-state index in [1.807, 2.05) is 14.0 Å². The Bertz CT molecular complexity index is 488. The van der Waals surface area contributed by atoms with Crippen molar-refractivity contribution >= 4 is 30.7 Å². The van der Waals surface area contributed by atoms with E-state index in [4.69, 9.17) is 0 Å². The van der Waals surface area contributed by atoms with Crippen LogP contribution in [0.5, 0.6) is 0 Å². The number of carbonyl (C=O) groups is 1. The van der Waals surface area contributed by atoms with Gasteiger partial charge in [-0.3, -0.25) is 9.69 Å². The molecule has 1 saturated heterocycles. The zero-order chi connectivity index (χ0) is 16.7. The van der Waals surface area contributed by atoms with Crippen LogP contribution in [-0.4, -0.2) is 37.5 Å². The van der Waals surface area contributed by atoms with Crippen LogP contribution in [0.25, 0.3) is 0 Å². The molecule has 1 amide bonds. The lowest BCUT2D eigenvalue weighted by atomic mass is 9.99. The molecule has 0 radical (unpaired) electrons. The van der Waals surface area contributed by atoms with Crippen LogP contribution in [0.3, 0.4) is 0 Å². The molecule has 1 heterocycles. The Kier molecular flexibility index (Phi) is 12.1. The van der Waals surface area contributed by atoms with E-state index in [0.29, 0.717) is 13.1 Å². The van der Waals surface area contributed by atoms with Gasteiger partial charge in [-0.25, -0.2) is 0 Å². The third-order valence-corrected chi connectivity index (χ3v) is 4.73. The summed E-state index contributed by atoms with van der Waals surface area (Å²) in [7, 11) is 1.87. The average Bonchev–Trinajstić information content (AvgIpc) is 2.56. The molecule has 0 aromatic heterocycles. The fourth-order valence-corrected chi connectivity index (χ4v) is 3.00. The molecule has 1 atom stereocenters. The van der Waals surface area contributed by atoms with E-state index < -0.39 is 0 Å². The van der Waals surface area contributed by atoms with Gasteiger partial charge in [0, 0.05) is 25.6 Å². The number of nitrogens with zero attached hydrogens (tertiary/aromatic N) is 1. The molecular formula is C19H33Cl2N3O. The summed E-state index contributed by atoms with van der Waals surface area (Å²) < 4.78 is 0. The normalized spacial score (nSPS) is 16.4. The van der Waals surface area contributed by atoms with Crippen LogP contribution in [-0.2, 0) is 17.9 Å². The van der Waals surface area contributed by atoms with Crippen molar-refractivity contribution < 1.29 is 4.79 Å². The Morgan fingerprint density at radius 1 is 1.16 bits per heavy atom. The van der Waals surface area contributed by atoms with Crippen LogP contribution in [0.15, 0.2) is 24.3 Å². The zero-order valence-corrected chi connectivity index (χ0v) is 17.2. The van der Waals surface area contributed by atoms with Gasteiger partial charge in [0.15, 0.2) is 0 Å². The highest BCUT2D eigenvalue weighted by molar-refractivity contribution is 5.85. The highest BCUT2D eigenvalue weighted by Gasteiger charge is 2.15. The van der Waals surface area contributed by atoms with Gasteiger partial charge < -0.3 is 10.6 Å². The van der Waals surface area contributed by atoms with Crippen LogP contribution >= 0.6 is 24.8 Å². The summed E-state index contributed by atoms with van der Waals surface area (Å²) in [5, 5.41) is 6.03. The quantitative estimate of drug-likeness (QED) is 0.751. The molecule has 25 heavy (non-hydrogen) atoms. The van der Waals surface area contributed by atoms with Crippen LogP contribution in [0, 0.1) is 11.8 Å². The minimum absolute atomic E-state index is 0. The van der Waals surface area contributed by atoms with Crippen molar-refractivity contribution in [1.29, 1.82) is 0 Å². The van der Waals surface area contributed by atoms with Gasteiger partial charge in [-0.1, -0.05) is 38.1 Å². The van der Waals surface area contributed by atoms with Gasteiger partial charge >= 0.3 is 0 Å². The van der Waals surface area contributed by atoms with Crippen molar-refractivity contribution in [3.05, 3.63) is 35.4 Å². The maximum Gasteiger partial charge on any atom is 0.224 e. The SMILES string of the molecule is CNCC(C)C(=O)NCc1ccc(CN2CCC(C)CC2)cc1.Cl.Cl. The van der Waals surface area contributed by atoms with E-state index in [1.165, 1.54) is 31.5 Å². The Morgan fingerprint density at radius 3 is 2.28 bits per heavy atom. The molecule has 0 bridgehead atoms. The second kappa shape index (κ2) is 12.5. The lowest BCUT2D eigenvalue weighted by Crippen LogP contribution is -2.34. The standard InChI is InChI=1S/C19H31N3O.2ClH/c1-15-8-10-22(11-9-15)14-18-6-4-17(5-7-18)13-21-19(23)16(2)12-20-3;;/h4-7,15-16,20H,8-14H2,1-3H3,(H,21,23);2*1H. The summed E-state index contributed by atoms with van der Waals surface area (Å²) in [6.45, 7) is 9.06. The van der Waals surface area contributed by atoms with Crippen LogP contribution in [0.1, 0.15) is 37.8 Å². The Hall–Kier alpha value is -0.810. The van der Waals surface area contributed by atoms with Crippen LogP contribution in [0.4, 0.5) is 0 Å². The molecule has 1 aliphatic heterocycles. The molecule has 1 aromatic rings. The van der Waals surface area contributed by atoms with Gasteiger partial charge in [0.1, 0.15) is 0 Å². The number of rotatable bonds is 7. The van der Waals surface area contributed by atoms with Crippen molar-refractivity contribution in [1.82, 2.24) is 15.5 Å². The van der Waals surface area contributed by atoms with Crippen molar-refractivity contribution in [2.45, 2.75) is 39.8 Å². The minimum Gasteiger partial charge on any atom is -0.352 e. The molecule has 4 nitrogen and oxygen atoms in total. The van der Waals surface area contributed by atoms with E-state index in [2.05, 4.69) is 46.7 Å². The number of likely N-dealkylation sites (tertiary alicyclic amines) is 1. The summed E-state index contributed by atoms with van der Waals surface area (Å²) >= 11 is 0. The molecule has 0 spiro atoms. The topological polar surface area (TPSA) is 44.4 Å². The molecule has 1 fully saturated rings. The minimum atomic E-state index is 0. The van der Waals surface area contributed by atoms with Gasteiger partial charge in [0.05, 0.1) is 0 Å². The molecule has 1 aromatic carbocycles. The number of amides is 1. The Labute approximate surface area is 164 Å². The Balaban J connectivity index is 0.00000288. The highest BCUT2D eigenvalue weighted by Crippen LogP contribution is 2.18. The first-order chi connectivity index (χ1) is 11.1. The van der Waals surface area contributed by atoms with E-state index >= 15 is 0 Å². The lowest BCUT2D eigenvalue weighted by molar-refractivity contribution is -0.124. The van der Waals surface area contributed by atoms with E-state index in [9.17, 15) is 4.79 Å². The molecule has 2 N–H and O–H groups in total. The zero-order valence-electron chi connectivity index (χ0n) is 15.6. The fourth-order valence-electron chi connectivity index (χ4n) is 3.00. The lowest BCUT2D eigenvalue weighted by Gasteiger charge is -2.30. The van der Waals surface area contributed by atoms with Crippen molar-refractivity contribution in [3.63, 3.8) is 0 Å². The van der Waals surface area contributed by atoms with Crippen molar-refractivity contribution in [2.24, 2.45) is 11.8 Å². The molecule has 2 rings (SSSR count). The fraction of sp³-hybridized carbons (Fsp3) is 0.632. The molecule has 144 valence electrons. The monoisotopic (exact) mass is 389 g/mol. The number of carbonyl (C=O) groups excluding carboxylic acids is 1. The maximum absolute atomic E-state index is 11.9.